The number of unbranched alkanes of at least 4 members (excludes halogenated alkanes) is 3. The smallest absolute Gasteiger partial charge is 0.253 e. The van der Waals surface area contributed by atoms with Gasteiger partial charge in [0.15, 0.2) is 0 Å². The van der Waals surface area contributed by atoms with Crippen molar-refractivity contribution in [1.82, 2.24) is 10.2 Å². The molecule has 0 aromatic heterocycles. The van der Waals surface area contributed by atoms with Crippen molar-refractivity contribution in [2.75, 3.05) is 25.5 Å². The lowest BCUT2D eigenvalue weighted by atomic mass is 10.1. The number of carbonyl (C=O) groups excluding carboxylic acids is 2. The minimum atomic E-state index is 0.0258. The molecule has 0 fully saturated rings. The van der Waals surface area contributed by atoms with Crippen LogP contribution in [0.5, 0.6) is 0 Å². The molecule has 3 rings (SSSR count). The van der Waals surface area contributed by atoms with Crippen molar-refractivity contribution >= 4 is 28.9 Å². The molecule has 0 bridgehead atoms. The minimum Gasteiger partial charge on any atom is -0.359 e. The van der Waals surface area contributed by atoms with Crippen molar-refractivity contribution < 1.29 is 9.59 Å². The second-order valence-electron chi connectivity index (χ2n) is 8.12. The van der Waals surface area contributed by atoms with Crippen molar-refractivity contribution in [2.45, 2.75) is 32.1 Å². The molecule has 0 radical (unpaired) electrons. The average molecular weight is 444 g/mol. The Morgan fingerprint density at radius 2 is 1.21 bits per heavy atom. The Morgan fingerprint density at radius 1 is 0.697 bits per heavy atom. The highest BCUT2D eigenvalue weighted by Gasteiger charge is 2.15. The highest BCUT2D eigenvalue weighted by Crippen LogP contribution is 2.34. The van der Waals surface area contributed by atoms with E-state index in [1.807, 2.05) is 67.7 Å². The fraction of sp³-hybridized carbons (Fsp3) is 0.286. The molecule has 3 aromatic carbocycles. The SMILES string of the molecule is CNC(=O)CCCCCCN(C)C(=O)c1ccc(N(c2ccccc2)c2ccccc2)cc1. The summed E-state index contributed by atoms with van der Waals surface area (Å²) in [5.74, 6) is 0.113. The van der Waals surface area contributed by atoms with Crippen LogP contribution in [0, 0.1) is 0 Å². The van der Waals surface area contributed by atoms with E-state index in [9.17, 15) is 9.59 Å². The lowest BCUT2D eigenvalue weighted by molar-refractivity contribution is -0.120. The lowest BCUT2D eigenvalue weighted by Gasteiger charge is -2.25. The fourth-order valence-corrected chi connectivity index (χ4v) is 3.79. The molecule has 0 atom stereocenters. The Kier molecular flexibility index (Phi) is 9.07. The quantitative estimate of drug-likeness (QED) is 0.374. The first-order valence-electron chi connectivity index (χ1n) is 11.6. The van der Waals surface area contributed by atoms with Crippen molar-refractivity contribution in [3.63, 3.8) is 0 Å². The van der Waals surface area contributed by atoms with E-state index >= 15 is 0 Å². The summed E-state index contributed by atoms with van der Waals surface area (Å²) in [5.41, 5.74) is 3.82. The molecular weight excluding hydrogens is 410 g/mol. The zero-order chi connectivity index (χ0) is 23.5. The van der Waals surface area contributed by atoms with Crippen molar-refractivity contribution in [3.05, 3.63) is 90.5 Å². The summed E-state index contributed by atoms with van der Waals surface area (Å²) in [6.07, 6.45) is 4.40. The van der Waals surface area contributed by atoms with Gasteiger partial charge in [-0.05, 0) is 61.4 Å². The van der Waals surface area contributed by atoms with Gasteiger partial charge in [0.2, 0.25) is 5.91 Å². The first-order chi connectivity index (χ1) is 16.1. The third kappa shape index (κ3) is 6.94. The van der Waals surface area contributed by atoms with Gasteiger partial charge in [-0.1, -0.05) is 49.2 Å². The third-order valence-electron chi connectivity index (χ3n) is 5.67. The molecule has 172 valence electrons. The van der Waals surface area contributed by atoms with E-state index in [0.29, 0.717) is 18.5 Å². The lowest BCUT2D eigenvalue weighted by Crippen LogP contribution is -2.27. The monoisotopic (exact) mass is 443 g/mol. The van der Waals surface area contributed by atoms with Crippen LogP contribution in [-0.2, 0) is 4.79 Å². The van der Waals surface area contributed by atoms with Crippen molar-refractivity contribution in [3.8, 4) is 0 Å². The largest absolute Gasteiger partial charge is 0.359 e. The van der Waals surface area contributed by atoms with Crippen LogP contribution in [0.4, 0.5) is 17.1 Å². The summed E-state index contributed by atoms with van der Waals surface area (Å²) >= 11 is 0. The maximum Gasteiger partial charge on any atom is 0.253 e. The van der Waals surface area contributed by atoms with Crippen LogP contribution in [0.15, 0.2) is 84.9 Å². The standard InChI is InChI=1S/C28H33N3O2/c1-29-27(32)17-11-3-4-12-22-30(2)28(33)23-18-20-26(21-19-23)31(24-13-7-5-8-14-24)25-15-9-6-10-16-25/h5-10,13-16,18-21H,3-4,11-12,17,22H2,1-2H3,(H,29,32). The van der Waals surface area contributed by atoms with E-state index < -0.39 is 0 Å². The van der Waals surface area contributed by atoms with Crippen LogP contribution < -0.4 is 10.2 Å². The molecule has 0 saturated carbocycles. The minimum absolute atomic E-state index is 0.0258. The number of anilines is 3. The fourth-order valence-electron chi connectivity index (χ4n) is 3.79. The first kappa shape index (κ1) is 24.1. The molecule has 0 saturated heterocycles. The van der Waals surface area contributed by atoms with Crippen LogP contribution in [-0.4, -0.2) is 37.4 Å². The molecule has 5 nitrogen and oxygen atoms in total. The molecule has 3 aromatic rings. The molecule has 1 N–H and O–H groups in total. The van der Waals surface area contributed by atoms with Gasteiger partial charge in [-0.15, -0.1) is 0 Å². The number of carbonyl (C=O) groups is 2. The zero-order valence-electron chi connectivity index (χ0n) is 19.5. The van der Waals surface area contributed by atoms with Crippen LogP contribution in [0.3, 0.4) is 0 Å². The summed E-state index contributed by atoms with van der Waals surface area (Å²) in [7, 11) is 3.51. The second-order valence-corrected chi connectivity index (χ2v) is 8.12. The van der Waals surface area contributed by atoms with E-state index in [2.05, 4.69) is 34.5 Å². The topological polar surface area (TPSA) is 52.7 Å². The van der Waals surface area contributed by atoms with Crippen LogP contribution in [0.25, 0.3) is 0 Å². The van der Waals surface area contributed by atoms with Gasteiger partial charge in [-0.2, -0.15) is 0 Å². The van der Waals surface area contributed by atoms with Crippen LogP contribution in [0.1, 0.15) is 42.5 Å². The Balaban J connectivity index is 1.61. The third-order valence-corrected chi connectivity index (χ3v) is 5.67. The number of nitrogens with zero attached hydrogens (tertiary/aromatic N) is 2. The van der Waals surface area contributed by atoms with Gasteiger partial charge in [-0.25, -0.2) is 0 Å². The molecular formula is C28H33N3O2. The summed E-state index contributed by atoms with van der Waals surface area (Å²) in [5, 5.41) is 2.64. The van der Waals surface area contributed by atoms with Gasteiger partial charge in [0.25, 0.3) is 5.91 Å². The number of hydrogen-bond acceptors (Lipinski definition) is 3. The highest BCUT2D eigenvalue weighted by molar-refractivity contribution is 5.94. The average Bonchev–Trinajstić information content (AvgIpc) is 2.87. The van der Waals surface area contributed by atoms with Crippen LogP contribution in [0.2, 0.25) is 0 Å². The van der Waals surface area contributed by atoms with Gasteiger partial charge < -0.3 is 15.1 Å². The second kappa shape index (κ2) is 12.4. The number of hydrogen-bond donors (Lipinski definition) is 1. The number of benzene rings is 3. The molecule has 5 heteroatoms. The molecule has 0 aliphatic heterocycles. The highest BCUT2D eigenvalue weighted by atomic mass is 16.2. The normalized spacial score (nSPS) is 10.5. The van der Waals surface area contributed by atoms with Gasteiger partial charge in [-0.3, -0.25) is 9.59 Å². The number of amides is 2. The van der Waals surface area contributed by atoms with Crippen LogP contribution >= 0.6 is 0 Å². The Labute approximate surface area is 197 Å². The Morgan fingerprint density at radius 3 is 1.76 bits per heavy atom. The van der Waals surface area contributed by atoms with E-state index in [-0.39, 0.29) is 11.8 Å². The van der Waals surface area contributed by atoms with Crippen molar-refractivity contribution in [2.24, 2.45) is 0 Å². The molecule has 33 heavy (non-hydrogen) atoms. The van der Waals surface area contributed by atoms with Gasteiger partial charge >= 0.3 is 0 Å². The van der Waals surface area contributed by atoms with E-state index in [1.54, 1.807) is 11.9 Å². The number of rotatable bonds is 11. The molecule has 0 aliphatic carbocycles. The molecule has 0 unspecified atom stereocenters. The number of nitrogens with one attached hydrogen (secondary N) is 1. The molecule has 2 amide bonds. The van der Waals surface area contributed by atoms with E-state index in [4.69, 9.17) is 0 Å². The predicted molar refractivity (Wildman–Crippen MR) is 135 cm³/mol. The maximum atomic E-state index is 12.9. The molecule has 0 heterocycles. The summed E-state index contributed by atoms with van der Waals surface area (Å²) in [6, 6.07) is 28.2. The zero-order valence-corrected chi connectivity index (χ0v) is 19.5. The molecule has 0 spiro atoms. The van der Waals surface area contributed by atoms with Gasteiger partial charge in [0, 0.05) is 49.7 Å². The first-order valence-corrected chi connectivity index (χ1v) is 11.6. The maximum absolute atomic E-state index is 12.9. The molecule has 0 aliphatic rings. The summed E-state index contributed by atoms with van der Waals surface area (Å²) in [6.45, 7) is 0.709. The van der Waals surface area contributed by atoms with Gasteiger partial charge in [0.1, 0.15) is 0 Å². The van der Waals surface area contributed by atoms with Gasteiger partial charge in [0.05, 0.1) is 0 Å². The van der Waals surface area contributed by atoms with E-state index in [1.165, 1.54) is 0 Å². The Hall–Kier alpha value is -3.60. The predicted octanol–water partition coefficient (Wildman–Crippen LogP) is 5.92. The summed E-state index contributed by atoms with van der Waals surface area (Å²) < 4.78 is 0. The Bertz CT molecular complexity index is 965. The van der Waals surface area contributed by atoms with E-state index in [0.717, 1.165) is 42.7 Å². The number of para-hydroxylation sites is 2. The van der Waals surface area contributed by atoms with Crippen molar-refractivity contribution in [1.29, 1.82) is 0 Å². The summed E-state index contributed by atoms with van der Waals surface area (Å²) in [4.78, 5) is 28.1.